The van der Waals surface area contributed by atoms with Crippen LogP contribution in [0, 0.1) is 11.3 Å². The first-order valence-corrected chi connectivity index (χ1v) is 10.6. The van der Waals surface area contributed by atoms with Crippen molar-refractivity contribution in [3.8, 4) is 29.0 Å². The summed E-state index contributed by atoms with van der Waals surface area (Å²) in [7, 11) is 3.15. The molecule has 0 saturated carbocycles. The molecule has 1 aromatic heterocycles. The van der Waals surface area contributed by atoms with Crippen molar-refractivity contribution in [1.82, 2.24) is 14.9 Å². The molecule has 8 heteroatoms. The van der Waals surface area contributed by atoms with E-state index in [0.717, 1.165) is 25.5 Å². The van der Waals surface area contributed by atoms with Gasteiger partial charge in [-0.15, -0.1) is 0 Å². The minimum atomic E-state index is -0.759. The number of benzene rings is 1. The highest BCUT2D eigenvalue weighted by molar-refractivity contribution is 5.79. The van der Waals surface area contributed by atoms with Crippen LogP contribution in [0.5, 0.6) is 11.8 Å². The summed E-state index contributed by atoms with van der Waals surface area (Å²) in [4.78, 5) is 18.0. The highest BCUT2D eigenvalue weighted by Crippen LogP contribution is 2.29. The molecule has 0 aliphatic carbocycles. The molecule has 0 amide bonds. The molecule has 1 fully saturated rings. The monoisotopic (exact) mass is 450 g/mol. The number of rotatable bonds is 8. The fourth-order valence-electron chi connectivity index (χ4n) is 3.62. The van der Waals surface area contributed by atoms with E-state index in [1.165, 1.54) is 10.6 Å². The quantitative estimate of drug-likeness (QED) is 0.484. The van der Waals surface area contributed by atoms with Crippen LogP contribution in [0.3, 0.4) is 0 Å². The van der Waals surface area contributed by atoms with Gasteiger partial charge in [-0.3, -0.25) is 9.36 Å². The maximum Gasteiger partial charge on any atom is 0.299 e. The van der Waals surface area contributed by atoms with Crippen molar-refractivity contribution >= 4 is 5.57 Å². The molecule has 1 N–H and O–H groups in total. The summed E-state index contributed by atoms with van der Waals surface area (Å²) in [5.74, 6) is -0.120. The molecule has 1 saturated heterocycles. The number of nitrogens with one attached hydrogen (secondary N) is 1. The molecule has 2 aromatic rings. The lowest BCUT2D eigenvalue weighted by Crippen LogP contribution is -2.31. The third kappa shape index (κ3) is 5.38. The zero-order valence-corrected chi connectivity index (χ0v) is 19.0. The predicted molar refractivity (Wildman–Crippen MR) is 126 cm³/mol. The van der Waals surface area contributed by atoms with Crippen molar-refractivity contribution in [1.29, 1.82) is 5.26 Å². The van der Waals surface area contributed by atoms with E-state index in [0.29, 0.717) is 29.1 Å². The maximum atomic E-state index is 14.6. The number of hydrogen-bond acceptors (Lipinski definition) is 6. The van der Waals surface area contributed by atoms with Crippen molar-refractivity contribution < 1.29 is 13.9 Å². The van der Waals surface area contributed by atoms with Gasteiger partial charge in [0.05, 0.1) is 23.9 Å². The van der Waals surface area contributed by atoms with Crippen molar-refractivity contribution in [2.75, 3.05) is 20.3 Å². The SMILES string of the molecule is C=C/C(C#N)=C(F)\C=C(/C)c1nc(OCC2CCCN2)n(C)c(=O)c1-c1ccc(OC)cc1. The average molecular weight is 451 g/mol. The van der Waals surface area contributed by atoms with Crippen LogP contribution < -0.4 is 20.3 Å². The number of hydrogen-bond donors (Lipinski definition) is 1. The second kappa shape index (κ2) is 10.7. The standard InChI is InChI=1S/C25H27FN4O3/c1-5-17(14-27)21(26)13-16(2)23-22(18-8-10-20(32-4)11-9-18)24(31)30(3)25(29-23)33-15-19-7-6-12-28-19/h5,8-11,13,19,28H,1,6-7,12,15H2,2-4H3/b16-13+,21-17-. The Kier molecular flexibility index (Phi) is 7.80. The van der Waals surface area contributed by atoms with Gasteiger partial charge in [0.15, 0.2) is 0 Å². The molecule has 3 rings (SSSR count). The van der Waals surface area contributed by atoms with Crippen LogP contribution in [0.2, 0.25) is 0 Å². The molecule has 1 aromatic carbocycles. The molecule has 1 unspecified atom stereocenters. The summed E-state index contributed by atoms with van der Waals surface area (Å²) in [5.41, 5.74) is 1.01. The number of allylic oxidation sites excluding steroid dienone is 5. The van der Waals surface area contributed by atoms with Crippen LogP contribution in [0.4, 0.5) is 4.39 Å². The molecule has 1 atom stereocenters. The van der Waals surface area contributed by atoms with Crippen molar-refractivity contribution in [3.05, 3.63) is 70.4 Å². The summed E-state index contributed by atoms with van der Waals surface area (Å²) in [6.07, 6.45) is 4.37. The molecular formula is C25H27FN4O3. The van der Waals surface area contributed by atoms with Crippen LogP contribution in [0.1, 0.15) is 25.5 Å². The van der Waals surface area contributed by atoms with Gasteiger partial charge in [-0.2, -0.15) is 10.2 Å². The minimum Gasteiger partial charge on any atom is -0.497 e. The highest BCUT2D eigenvalue weighted by atomic mass is 19.1. The molecule has 1 aliphatic heterocycles. The molecule has 0 bridgehead atoms. The van der Waals surface area contributed by atoms with E-state index < -0.39 is 5.83 Å². The second-order valence-electron chi connectivity index (χ2n) is 7.72. The van der Waals surface area contributed by atoms with Crippen molar-refractivity contribution in [3.63, 3.8) is 0 Å². The minimum absolute atomic E-state index is 0.141. The van der Waals surface area contributed by atoms with Crippen LogP contribution in [0.25, 0.3) is 16.7 Å². The number of methoxy groups -OCH3 is 1. The molecule has 172 valence electrons. The van der Waals surface area contributed by atoms with Gasteiger partial charge in [0, 0.05) is 13.1 Å². The summed E-state index contributed by atoms with van der Waals surface area (Å²) in [6.45, 7) is 6.39. The Morgan fingerprint density at radius 1 is 1.42 bits per heavy atom. The lowest BCUT2D eigenvalue weighted by Gasteiger charge is -2.17. The normalized spacial score (nSPS) is 16.7. The second-order valence-corrected chi connectivity index (χ2v) is 7.72. The van der Waals surface area contributed by atoms with Gasteiger partial charge in [-0.1, -0.05) is 18.7 Å². The van der Waals surface area contributed by atoms with E-state index in [-0.39, 0.29) is 28.9 Å². The predicted octanol–water partition coefficient (Wildman–Crippen LogP) is 3.92. The molecule has 7 nitrogen and oxygen atoms in total. The molecule has 0 radical (unpaired) electrons. The third-order valence-electron chi connectivity index (χ3n) is 5.50. The van der Waals surface area contributed by atoms with E-state index in [4.69, 9.17) is 14.7 Å². The first kappa shape index (κ1) is 24.0. The van der Waals surface area contributed by atoms with E-state index >= 15 is 0 Å². The van der Waals surface area contributed by atoms with Gasteiger partial charge < -0.3 is 14.8 Å². The first-order valence-electron chi connectivity index (χ1n) is 10.6. The number of halogens is 1. The zero-order chi connectivity index (χ0) is 24.0. The molecule has 0 spiro atoms. The Morgan fingerprint density at radius 3 is 2.73 bits per heavy atom. The van der Waals surface area contributed by atoms with Crippen LogP contribution in [-0.4, -0.2) is 35.9 Å². The van der Waals surface area contributed by atoms with Gasteiger partial charge >= 0.3 is 0 Å². The number of nitriles is 1. The van der Waals surface area contributed by atoms with Crippen LogP contribution >= 0.6 is 0 Å². The molecule has 2 heterocycles. The average Bonchev–Trinajstić information content (AvgIpc) is 3.34. The fourth-order valence-corrected chi connectivity index (χ4v) is 3.62. The summed E-state index contributed by atoms with van der Waals surface area (Å²) >= 11 is 0. The van der Waals surface area contributed by atoms with E-state index in [2.05, 4.69) is 16.9 Å². The van der Waals surface area contributed by atoms with Crippen molar-refractivity contribution in [2.24, 2.45) is 7.05 Å². The topological polar surface area (TPSA) is 89.2 Å². The largest absolute Gasteiger partial charge is 0.497 e. The lowest BCUT2D eigenvalue weighted by atomic mass is 10.0. The lowest BCUT2D eigenvalue weighted by molar-refractivity contribution is 0.245. The Hall–Kier alpha value is -3.70. The van der Waals surface area contributed by atoms with Gasteiger partial charge in [0.1, 0.15) is 24.3 Å². The summed E-state index contributed by atoms with van der Waals surface area (Å²) < 4.78 is 27.1. The van der Waals surface area contributed by atoms with Gasteiger partial charge in [0.2, 0.25) is 0 Å². The number of ether oxygens (including phenoxy) is 2. The van der Waals surface area contributed by atoms with Crippen LogP contribution in [-0.2, 0) is 7.05 Å². The van der Waals surface area contributed by atoms with Gasteiger partial charge in [-0.25, -0.2) is 4.39 Å². The van der Waals surface area contributed by atoms with Gasteiger partial charge in [0.25, 0.3) is 11.6 Å². The highest BCUT2D eigenvalue weighted by Gasteiger charge is 2.21. The summed E-state index contributed by atoms with van der Waals surface area (Å²) in [6, 6.07) is 9.05. The van der Waals surface area contributed by atoms with Crippen LogP contribution in [0.15, 0.2) is 59.2 Å². The maximum absolute atomic E-state index is 14.6. The van der Waals surface area contributed by atoms with E-state index in [9.17, 15) is 9.18 Å². The molecule has 1 aliphatic rings. The Labute approximate surface area is 192 Å². The van der Waals surface area contributed by atoms with E-state index in [1.807, 2.05) is 0 Å². The molecular weight excluding hydrogens is 423 g/mol. The molecule has 33 heavy (non-hydrogen) atoms. The van der Waals surface area contributed by atoms with E-state index in [1.54, 1.807) is 51.4 Å². The van der Waals surface area contributed by atoms with Crippen molar-refractivity contribution in [2.45, 2.75) is 25.8 Å². The number of aromatic nitrogens is 2. The Balaban J connectivity index is 2.15. The fraction of sp³-hybridized carbons (Fsp3) is 0.320. The Morgan fingerprint density at radius 2 is 2.15 bits per heavy atom. The third-order valence-corrected chi connectivity index (χ3v) is 5.50. The first-order chi connectivity index (χ1) is 15.9. The zero-order valence-electron chi connectivity index (χ0n) is 19.0. The number of nitrogens with zero attached hydrogens (tertiary/aromatic N) is 3. The summed E-state index contributed by atoms with van der Waals surface area (Å²) in [5, 5.41) is 12.4. The Bertz CT molecular complexity index is 1180. The van der Waals surface area contributed by atoms with Gasteiger partial charge in [-0.05, 0) is 61.7 Å². The smallest absolute Gasteiger partial charge is 0.299 e.